The van der Waals surface area contributed by atoms with E-state index in [9.17, 15) is 14.4 Å². The van der Waals surface area contributed by atoms with Gasteiger partial charge in [0.05, 0.1) is 18.2 Å². The highest BCUT2D eigenvalue weighted by molar-refractivity contribution is 9.18. The molecule has 0 spiro atoms. The predicted octanol–water partition coefficient (Wildman–Crippen LogP) is 3.35. The van der Waals surface area contributed by atoms with Crippen molar-refractivity contribution < 1.29 is 19.1 Å². The smallest absolute Gasteiger partial charge is 0.410 e. The Hall–Kier alpha value is -2.22. The number of aldehydes is 1. The van der Waals surface area contributed by atoms with Crippen LogP contribution in [0.15, 0.2) is 17.1 Å². The standard InChI is InChI=1S/C19H22BrN3O4/c1-19(2,3)27-18(26)23-5-4-11(9-23)17(25)22-15-7-14-12(6-13(15)10-24)8-21-16(14)20/h6-7,10-11H,4-5,8-9H2,1-3H3,(H,22,25). The second-order valence-electron chi connectivity index (χ2n) is 7.72. The second kappa shape index (κ2) is 7.42. The molecule has 2 aliphatic heterocycles. The summed E-state index contributed by atoms with van der Waals surface area (Å²) in [6.07, 6.45) is 0.866. The molecule has 0 aromatic heterocycles. The number of aliphatic imine (C=N–C) groups is 1. The molecule has 7 nitrogen and oxygen atoms in total. The van der Waals surface area contributed by atoms with Gasteiger partial charge in [0.25, 0.3) is 0 Å². The van der Waals surface area contributed by atoms with Crippen LogP contribution in [0.4, 0.5) is 10.5 Å². The second-order valence-corrected chi connectivity index (χ2v) is 8.47. The van der Waals surface area contributed by atoms with Crippen LogP contribution in [0, 0.1) is 5.92 Å². The number of fused-ring (bicyclic) bond motifs is 1. The van der Waals surface area contributed by atoms with Crippen molar-refractivity contribution in [3.8, 4) is 0 Å². The maximum absolute atomic E-state index is 12.7. The van der Waals surface area contributed by atoms with Crippen molar-refractivity contribution in [2.24, 2.45) is 10.9 Å². The van der Waals surface area contributed by atoms with Gasteiger partial charge < -0.3 is 15.0 Å². The van der Waals surface area contributed by atoms with Gasteiger partial charge in [-0.1, -0.05) is 0 Å². The number of carbonyl (C=O) groups is 3. The number of benzene rings is 1. The summed E-state index contributed by atoms with van der Waals surface area (Å²) in [6, 6.07) is 3.51. The number of amides is 2. The van der Waals surface area contributed by atoms with Crippen LogP contribution in [0.3, 0.4) is 0 Å². The zero-order chi connectivity index (χ0) is 19.8. The Morgan fingerprint density at radius 1 is 1.37 bits per heavy atom. The molecular formula is C19H22BrN3O4. The molecule has 3 rings (SSSR count). The van der Waals surface area contributed by atoms with Crippen LogP contribution in [-0.4, -0.2) is 46.5 Å². The van der Waals surface area contributed by atoms with Crippen molar-refractivity contribution in [3.05, 3.63) is 28.8 Å². The molecule has 2 heterocycles. The van der Waals surface area contributed by atoms with E-state index < -0.39 is 11.7 Å². The van der Waals surface area contributed by atoms with Gasteiger partial charge in [0.2, 0.25) is 5.91 Å². The minimum Gasteiger partial charge on any atom is -0.444 e. The molecule has 1 fully saturated rings. The molecule has 27 heavy (non-hydrogen) atoms. The maximum atomic E-state index is 12.7. The number of likely N-dealkylation sites (tertiary alicyclic amines) is 1. The van der Waals surface area contributed by atoms with Crippen molar-refractivity contribution in [2.75, 3.05) is 18.4 Å². The molecule has 1 aromatic carbocycles. The van der Waals surface area contributed by atoms with Gasteiger partial charge in [0, 0.05) is 24.2 Å². The molecule has 8 heteroatoms. The van der Waals surface area contributed by atoms with Crippen LogP contribution in [-0.2, 0) is 16.1 Å². The summed E-state index contributed by atoms with van der Waals surface area (Å²) in [5.41, 5.74) is 2.12. The molecule has 1 saturated heterocycles. The van der Waals surface area contributed by atoms with Gasteiger partial charge in [-0.05, 0) is 60.8 Å². The van der Waals surface area contributed by atoms with E-state index >= 15 is 0 Å². The molecule has 1 unspecified atom stereocenters. The molecule has 1 aromatic rings. The van der Waals surface area contributed by atoms with Crippen LogP contribution < -0.4 is 5.32 Å². The van der Waals surface area contributed by atoms with Gasteiger partial charge in [-0.2, -0.15) is 0 Å². The Balaban J connectivity index is 1.68. The van der Waals surface area contributed by atoms with Gasteiger partial charge in [-0.15, -0.1) is 0 Å². The summed E-state index contributed by atoms with van der Waals surface area (Å²) >= 11 is 3.39. The predicted molar refractivity (Wildman–Crippen MR) is 106 cm³/mol. The normalized spacial score (nSPS) is 18.7. The number of halogens is 1. The molecule has 2 aliphatic rings. The third-order valence-electron chi connectivity index (χ3n) is 4.48. The molecule has 0 aliphatic carbocycles. The summed E-state index contributed by atoms with van der Waals surface area (Å²) in [5.74, 6) is -0.558. The fourth-order valence-electron chi connectivity index (χ4n) is 3.13. The first-order valence-corrected chi connectivity index (χ1v) is 9.58. The minimum atomic E-state index is -0.574. The first-order chi connectivity index (χ1) is 12.7. The van der Waals surface area contributed by atoms with Crippen LogP contribution in [0.2, 0.25) is 0 Å². The number of nitrogens with one attached hydrogen (secondary N) is 1. The Labute approximate surface area is 166 Å². The number of rotatable bonds is 3. The van der Waals surface area contributed by atoms with Crippen molar-refractivity contribution in [1.82, 2.24) is 4.90 Å². The lowest BCUT2D eigenvalue weighted by Crippen LogP contribution is -2.36. The highest BCUT2D eigenvalue weighted by atomic mass is 79.9. The fourth-order valence-corrected chi connectivity index (χ4v) is 3.63. The largest absolute Gasteiger partial charge is 0.444 e. The lowest BCUT2D eigenvalue weighted by Gasteiger charge is -2.24. The van der Waals surface area contributed by atoms with E-state index in [0.717, 1.165) is 17.4 Å². The minimum absolute atomic E-state index is 0.213. The topological polar surface area (TPSA) is 88.1 Å². The molecule has 2 amide bonds. The first-order valence-electron chi connectivity index (χ1n) is 8.79. The van der Waals surface area contributed by atoms with E-state index in [4.69, 9.17) is 4.74 Å². The monoisotopic (exact) mass is 435 g/mol. The van der Waals surface area contributed by atoms with E-state index in [2.05, 4.69) is 26.2 Å². The van der Waals surface area contributed by atoms with E-state index in [1.807, 2.05) is 0 Å². The molecule has 1 N–H and O–H groups in total. The third-order valence-corrected chi connectivity index (χ3v) is 5.16. The third kappa shape index (κ3) is 4.37. The van der Waals surface area contributed by atoms with Crippen LogP contribution in [0.1, 0.15) is 48.7 Å². The number of hydrogen-bond acceptors (Lipinski definition) is 5. The number of hydrogen-bond donors (Lipinski definition) is 1. The van der Waals surface area contributed by atoms with Crippen molar-refractivity contribution >= 4 is 44.5 Å². The summed E-state index contributed by atoms with van der Waals surface area (Å²) in [6.45, 7) is 6.70. The van der Waals surface area contributed by atoms with Gasteiger partial charge in [-0.3, -0.25) is 14.6 Å². The van der Waals surface area contributed by atoms with E-state index in [1.165, 1.54) is 0 Å². The average molecular weight is 436 g/mol. The number of nitrogens with zero attached hydrogens (tertiary/aromatic N) is 2. The summed E-state index contributed by atoms with van der Waals surface area (Å²) in [7, 11) is 0. The Morgan fingerprint density at radius 2 is 2.11 bits per heavy atom. The van der Waals surface area contributed by atoms with Gasteiger partial charge in [0.1, 0.15) is 10.2 Å². The van der Waals surface area contributed by atoms with Crippen molar-refractivity contribution in [1.29, 1.82) is 0 Å². The number of ether oxygens (including phenoxy) is 1. The van der Waals surface area contributed by atoms with Crippen LogP contribution in [0.5, 0.6) is 0 Å². The van der Waals surface area contributed by atoms with Crippen molar-refractivity contribution in [3.63, 3.8) is 0 Å². The average Bonchev–Trinajstić information content (AvgIpc) is 3.20. The van der Waals surface area contributed by atoms with Crippen molar-refractivity contribution in [2.45, 2.75) is 39.3 Å². The SMILES string of the molecule is CC(C)(C)OC(=O)N1CCC(C(=O)Nc2cc3c(cc2C=O)CN=C3Br)C1. The highest BCUT2D eigenvalue weighted by Gasteiger charge is 2.33. The van der Waals surface area contributed by atoms with E-state index in [0.29, 0.717) is 41.9 Å². The molecular weight excluding hydrogens is 414 g/mol. The fraction of sp³-hybridized carbons (Fsp3) is 0.474. The molecule has 1 atom stereocenters. The zero-order valence-corrected chi connectivity index (χ0v) is 17.1. The Morgan fingerprint density at radius 3 is 2.78 bits per heavy atom. The lowest BCUT2D eigenvalue weighted by molar-refractivity contribution is -0.119. The van der Waals surface area contributed by atoms with Gasteiger partial charge in [0.15, 0.2) is 6.29 Å². The Kier molecular flexibility index (Phi) is 5.37. The quantitative estimate of drug-likeness (QED) is 0.737. The molecule has 144 valence electrons. The highest BCUT2D eigenvalue weighted by Crippen LogP contribution is 2.29. The number of anilines is 1. The number of carbonyl (C=O) groups excluding carboxylic acids is 3. The lowest BCUT2D eigenvalue weighted by atomic mass is 10.0. The zero-order valence-electron chi connectivity index (χ0n) is 15.5. The summed E-state index contributed by atoms with van der Waals surface area (Å²) in [4.78, 5) is 42.1. The first kappa shape index (κ1) is 19.5. The van der Waals surface area contributed by atoms with E-state index in [-0.39, 0.29) is 11.8 Å². The molecule has 0 saturated carbocycles. The van der Waals surface area contributed by atoms with Crippen LogP contribution in [0.25, 0.3) is 0 Å². The van der Waals surface area contributed by atoms with Gasteiger partial charge >= 0.3 is 6.09 Å². The molecule has 0 bridgehead atoms. The van der Waals surface area contributed by atoms with Gasteiger partial charge in [-0.25, -0.2) is 4.79 Å². The summed E-state index contributed by atoms with van der Waals surface area (Å²) < 4.78 is 6.07. The maximum Gasteiger partial charge on any atom is 0.410 e. The molecule has 0 radical (unpaired) electrons. The summed E-state index contributed by atoms with van der Waals surface area (Å²) in [5, 5.41) is 2.84. The van der Waals surface area contributed by atoms with E-state index in [1.54, 1.807) is 37.8 Å². The van der Waals surface area contributed by atoms with Crippen LogP contribution >= 0.6 is 15.9 Å². The Bertz CT molecular complexity index is 829.